The number of benzene rings is 1. The molecule has 5 heteroatoms. The third kappa shape index (κ3) is 5.14. The van der Waals surface area contributed by atoms with Gasteiger partial charge in [0.2, 0.25) is 0 Å². The number of rotatable bonds is 7. The molecule has 102 valence electrons. The van der Waals surface area contributed by atoms with Gasteiger partial charge < -0.3 is 4.74 Å². The minimum atomic E-state index is 0.767. The fourth-order valence-electron chi connectivity index (χ4n) is 1.54. The molecule has 0 saturated heterocycles. The number of hydrogen-bond acceptors (Lipinski definition) is 1. The van der Waals surface area contributed by atoms with Gasteiger partial charge in [-0.1, -0.05) is 32.6 Å². The van der Waals surface area contributed by atoms with Crippen LogP contribution in [0.15, 0.2) is 24.0 Å². The first-order valence-electron chi connectivity index (χ1n) is 6.03. The molecule has 0 saturated carbocycles. The summed E-state index contributed by atoms with van der Waals surface area (Å²) >= 11 is 14.0. The zero-order chi connectivity index (χ0) is 13.5. The third-order valence-electron chi connectivity index (χ3n) is 2.57. The van der Waals surface area contributed by atoms with Gasteiger partial charge >= 0.3 is 0 Å². The average Bonchev–Trinajstić information content (AvgIpc) is 2.37. The van der Waals surface area contributed by atoms with E-state index < -0.39 is 0 Å². The van der Waals surface area contributed by atoms with Crippen molar-refractivity contribution in [2.45, 2.75) is 39.0 Å². The highest BCUT2D eigenvalue weighted by atomic mass is 79.9. The molecule has 0 aliphatic rings. The second-order valence-electron chi connectivity index (χ2n) is 4.06. The third-order valence-corrected chi connectivity index (χ3v) is 7.20. The molecular weight excluding hydrogens is 492 g/mol. The molecular formula is C13H16Br4O. The Labute approximate surface area is 143 Å². The van der Waals surface area contributed by atoms with Crippen molar-refractivity contribution < 1.29 is 4.74 Å². The Morgan fingerprint density at radius 2 is 1.56 bits per heavy atom. The Kier molecular flexibility index (Phi) is 8.48. The Bertz CT molecular complexity index is 393. The number of ether oxygens (including phenoxy) is 1. The first kappa shape index (κ1) is 17.0. The minimum Gasteiger partial charge on any atom is -0.492 e. The van der Waals surface area contributed by atoms with Crippen LogP contribution in [0.25, 0.3) is 0 Å². The summed E-state index contributed by atoms with van der Waals surface area (Å²) in [6.07, 6.45) is 6.24. The first-order valence-corrected chi connectivity index (χ1v) is 9.21. The van der Waals surface area contributed by atoms with Gasteiger partial charge in [0.15, 0.2) is 0 Å². The van der Waals surface area contributed by atoms with Crippen molar-refractivity contribution in [2.24, 2.45) is 0 Å². The van der Waals surface area contributed by atoms with E-state index in [1.807, 2.05) is 6.07 Å². The molecule has 0 fully saturated rings. The molecule has 0 aliphatic heterocycles. The van der Waals surface area contributed by atoms with Crippen LogP contribution in [-0.4, -0.2) is 6.61 Å². The highest BCUT2D eigenvalue weighted by molar-refractivity contribution is 9.15. The van der Waals surface area contributed by atoms with Crippen LogP contribution in [0.3, 0.4) is 0 Å². The maximum absolute atomic E-state index is 5.81. The molecule has 0 N–H and O–H groups in total. The van der Waals surface area contributed by atoms with Gasteiger partial charge in [-0.15, -0.1) is 0 Å². The molecule has 1 nitrogen and oxygen atoms in total. The lowest BCUT2D eigenvalue weighted by Gasteiger charge is -2.11. The Hall–Kier alpha value is 0.940. The molecule has 0 radical (unpaired) electrons. The van der Waals surface area contributed by atoms with Gasteiger partial charge in [0, 0.05) is 8.95 Å². The lowest BCUT2D eigenvalue weighted by Crippen LogP contribution is -1.98. The SMILES string of the molecule is CCCCCCCOc1cc(Br)c(Br)c(Br)c1Br. The molecule has 0 aliphatic carbocycles. The van der Waals surface area contributed by atoms with Crippen molar-refractivity contribution in [3.8, 4) is 5.75 Å². The Balaban J connectivity index is 2.48. The maximum Gasteiger partial charge on any atom is 0.135 e. The van der Waals surface area contributed by atoms with E-state index in [1.54, 1.807) is 0 Å². The van der Waals surface area contributed by atoms with Crippen molar-refractivity contribution in [2.75, 3.05) is 6.61 Å². The smallest absolute Gasteiger partial charge is 0.135 e. The Morgan fingerprint density at radius 3 is 2.22 bits per heavy atom. The molecule has 1 rings (SSSR count). The van der Waals surface area contributed by atoms with Crippen LogP contribution in [-0.2, 0) is 0 Å². The minimum absolute atomic E-state index is 0.767. The molecule has 0 atom stereocenters. The molecule has 0 aromatic heterocycles. The van der Waals surface area contributed by atoms with Crippen LogP contribution >= 0.6 is 63.7 Å². The topological polar surface area (TPSA) is 9.23 Å². The quantitative estimate of drug-likeness (QED) is 0.217. The van der Waals surface area contributed by atoms with E-state index in [-0.39, 0.29) is 0 Å². The molecule has 0 amide bonds. The summed E-state index contributed by atoms with van der Waals surface area (Å²) < 4.78 is 9.70. The molecule has 18 heavy (non-hydrogen) atoms. The van der Waals surface area contributed by atoms with E-state index in [0.717, 1.165) is 36.7 Å². The summed E-state index contributed by atoms with van der Waals surface area (Å²) in [6.45, 7) is 2.99. The summed E-state index contributed by atoms with van der Waals surface area (Å²) in [6, 6.07) is 1.98. The lowest BCUT2D eigenvalue weighted by molar-refractivity contribution is 0.302. The van der Waals surface area contributed by atoms with Crippen LogP contribution < -0.4 is 4.74 Å². The predicted molar refractivity (Wildman–Crippen MR) is 91.5 cm³/mol. The summed E-state index contributed by atoms with van der Waals surface area (Å²) in [5.41, 5.74) is 0. The van der Waals surface area contributed by atoms with E-state index in [0.29, 0.717) is 0 Å². The van der Waals surface area contributed by atoms with Crippen LogP contribution in [0.2, 0.25) is 0 Å². The van der Waals surface area contributed by atoms with Gasteiger partial charge in [-0.2, -0.15) is 0 Å². The van der Waals surface area contributed by atoms with Gasteiger partial charge in [-0.3, -0.25) is 0 Å². The van der Waals surface area contributed by atoms with Crippen molar-refractivity contribution in [3.05, 3.63) is 24.0 Å². The number of hydrogen-bond donors (Lipinski definition) is 0. The largest absolute Gasteiger partial charge is 0.492 e. The van der Waals surface area contributed by atoms with E-state index in [2.05, 4.69) is 70.6 Å². The van der Waals surface area contributed by atoms with Crippen molar-refractivity contribution in [1.82, 2.24) is 0 Å². The molecule has 1 aromatic rings. The Morgan fingerprint density at radius 1 is 0.889 bits per heavy atom. The summed E-state index contributed by atoms with van der Waals surface area (Å²) in [5, 5.41) is 0. The van der Waals surface area contributed by atoms with Crippen molar-refractivity contribution in [3.63, 3.8) is 0 Å². The molecule has 0 heterocycles. The molecule has 0 unspecified atom stereocenters. The fraction of sp³-hybridized carbons (Fsp3) is 0.538. The fourth-order valence-corrected chi connectivity index (χ4v) is 3.63. The summed E-state index contributed by atoms with van der Waals surface area (Å²) in [7, 11) is 0. The zero-order valence-corrected chi connectivity index (χ0v) is 16.6. The van der Waals surface area contributed by atoms with E-state index in [4.69, 9.17) is 4.74 Å². The second-order valence-corrected chi connectivity index (χ2v) is 7.29. The normalized spacial score (nSPS) is 10.7. The average molecular weight is 508 g/mol. The highest BCUT2D eigenvalue weighted by Gasteiger charge is 2.12. The molecule has 1 aromatic carbocycles. The van der Waals surface area contributed by atoms with Gasteiger partial charge in [-0.25, -0.2) is 0 Å². The standard InChI is InChI=1S/C13H16Br4O/c1-2-3-4-5-6-7-18-10-8-9(14)11(15)13(17)12(10)16/h8H,2-7H2,1H3. The first-order chi connectivity index (χ1) is 8.57. The molecule has 0 bridgehead atoms. The van der Waals surface area contributed by atoms with Crippen LogP contribution in [0.5, 0.6) is 5.75 Å². The van der Waals surface area contributed by atoms with Crippen molar-refractivity contribution >= 4 is 63.7 Å². The van der Waals surface area contributed by atoms with Crippen LogP contribution in [0.1, 0.15) is 39.0 Å². The van der Waals surface area contributed by atoms with Gasteiger partial charge in [0.05, 0.1) is 15.6 Å². The predicted octanol–water partition coefficient (Wildman–Crippen LogP) is 7.09. The van der Waals surface area contributed by atoms with Crippen molar-refractivity contribution in [1.29, 1.82) is 0 Å². The van der Waals surface area contributed by atoms with Crippen LogP contribution in [0, 0.1) is 0 Å². The number of halogens is 4. The summed E-state index contributed by atoms with van der Waals surface area (Å²) in [4.78, 5) is 0. The van der Waals surface area contributed by atoms with E-state index in [9.17, 15) is 0 Å². The lowest BCUT2D eigenvalue weighted by atomic mass is 10.2. The van der Waals surface area contributed by atoms with E-state index in [1.165, 1.54) is 25.7 Å². The van der Waals surface area contributed by atoms with Gasteiger partial charge in [-0.05, 0) is 76.2 Å². The number of unbranched alkanes of at least 4 members (excludes halogenated alkanes) is 4. The van der Waals surface area contributed by atoms with E-state index >= 15 is 0 Å². The zero-order valence-electron chi connectivity index (χ0n) is 10.2. The van der Waals surface area contributed by atoms with Gasteiger partial charge in [0.1, 0.15) is 5.75 Å². The van der Waals surface area contributed by atoms with Gasteiger partial charge in [0.25, 0.3) is 0 Å². The second kappa shape index (κ2) is 8.98. The molecule has 0 spiro atoms. The highest BCUT2D eigenvalue weighted by Crippen LogP contribution is 2.42. The monoisotopic (exact) mass is 504 g/mol. The van der Waals surface area contributed by atoms with Crippen LogP contribution in [0.4, 0.5) is 0 Å². The summed E-state index contributed by atoms with van der Waals surface area (Å²) in [5.74, 6) is 0.868. The maximum atomic E-state index is 5.81.